The van der Waals surface area contributed by atoms with Crippen LogP contribution in [0.2, 0.25) is 0 Å². The second-order valence-corrected chi connectivity index (χ2v) is 5.90. The Morgan fingerprint density at radius 2 is 1.85 bits per heavy atom. The predicted molar refractivity (Wildman–Crippen MR) is 106 cm³/mol. The Morgan fingerprint density at radius 1 is 1.07 bits per heavy atom. The van der Waals surface area contributed by atoms with Crippen molar-refractivity contribution >= 4 is 5.96 Å². The van der Waals surface area contributed by atoms with Gasteiger partial charge in [0.15, 0.2) is 5.96 Å². The molecule has 0 radical (unpaired) electrons. The fourth-order valence-corrected chi connectivity index (χ4v) is 2.50. The summed E-state index contributed by atoms with van der Waals surface area (Å²) in [6.07, 6.45) is 1.71. The highest BCUT2D eigenvalue weighted by Crippen LogP contribution is 2.20. The molecule has 0 aliphatic heterocycles. The van der Waals surface area contributed by atoms with Crippen LogP contribution in [0.15, 0.2) is 41.5 Å². The van der Waals surface area contributed by atoms with Gasteiger partial charge in [0.1, 0.15) is 12.4 Å². The second kappa shape index (κ2) is 11.0. The molecule has 2 N–H and O–H groups in total. The van der Waals surface area contributed by atoms with E-state index >= 15 is 0 Å². The van der Waals surface area contributed by atoms with Gasteiger partial charge in [0.2, 0.25) is 5.88 Å². The van der Waals surface area contributed by atoms with Crippen molar-refractivity contribution in [3.05, 3.63) is 53.2 Å². The fraction of sp³-hybridized carbons (Fsp3) is 0.400. The van der Waals surface area contributed by atoms with E-state index in [0.717, 1.165) is 22.4 Å². The zero-order chi connectivity index (χ0) is 19.5. The van der Waals surface area contributed by atoms with Crippen molar-refractivity contribution in [1.29, 1.82) is 0 Å². The lowest BCUT2D eigenvalue weighted by molar-refractivity contribution is 0.145. The molecule has 27 heavy (non-hydrogen) atoms. The maximum Gasteiger partial charge on any atom is 0.218 e. The normalized spacial score (nSPS) is 11.2. The van der Waals surface area contributed by atoms with Crippen LogP contribution in [0.3, 0.4) is 0 Å². The van der Waals surface area contributed by atoms with E-state index in [1.165, 1.54) is 0 Å². The van der Waals surface area contributed by atoms with E-state index in [-0.39, 0.29) is 0 Å². The molecule has 0 amide bonds. The zero-order valence-electron chi connectivity index (χ0n) is 16.4. The minimum atomic E-state index is 0.515. The van der Waals surface area contributed by atoms with Crippen LogP contribution in [0.25, 0.3) is 0 Å². The third-order valence-electron chi connectivity index (χ3n) is 3.93. The number of benzene rings is 1. The molecule has 0 unspecified atom stereocenters. The molecule has 1 aromatic heterocycles. The molecule has 0 saturated carbocycles. The van der Waals surface area contributed by atoms with Crippen molar-refractivity contribution in [2.24, 2.45) is 4.99 Å². The van der Waals surface area contributed by atoms with Crippen LogP contribution in [0.5, 0.6) is 11.6 Å². The molecular formula is C20H28N4O3. The number of aryl methyl sites for hydroxylation is 1. The first-order chi connectivity index (χ1) is 13.2. The lowest BCUT2D eigenvalue weighted by Crippen LogP contribution is -2.36. The molecule has 0 spiro atoms. The highest BCUT2D eigenvalue weighted by Gasteiger charge is 2.08. The summed E-state index contributed by atoms with van der Waals surface area (Å²) in [5.41, 5.74) is 3.16. The van der Waals surface area contributed by atoms with E-state index in [0.29, 0.717) is 38.1 Å². The van der Waals surface area contributed by atoms with Crippen molar-refractivity contribution in [1.82, 2.24) is 15.6 Å². The molecular weight excluding hydrogens is 344 g/mol. The smallest absolute Gasteiger partial charge is 0.218 e. The van der Waals surface area contributed by atoms with Gasteiger partial charge in [-0.15, -0.1) is 0 Å². The average Bonchev–Trinajstić information content (AvgIpc) is 2.69. The van der Waals surface area contributed by atoms with Crippen LogP contribution in [-0.4, -0.2) is 45.4 Å². The van der Waals surface area contributed by atoms with E-state index in [2.05, 4.69) is 32.7 Å². The number of aliphatic imine (C=N–C) groups is 1. The summed E-state index contributed by atoms with van der Waals surface area (Å²) in [6, 6.07) is 10.0. The van der Waals surface area contributed by atoms with Crippen LogP contribution in [-0.2, 0) is 17.8 Å². The van der Waals surface area contributed by atoms with Crippen molar-refractivity contribution in [3.63, 3.8) is 0 Å². The van der Waals surface area contributed by atoms with E-state index in [1.54, 1.807) is 27.5 Å². The van der Waals surface area contributed by atoms with Crippen LogP contribution >= 0.6 is 0 Å². The molecule has 0 saturated heterocycles. The number of nitrogens with one attached hydrogen (secondary N) is 2. The summed E-state index contributed by atoms with van der Waals surface area (Å²) in [5.74, 6) is 2.14. The lowest BCUT2D eigenvalue weighted by Gasteiger charge is -2.16. The van der Waals surface area contributed by atoms with Crippen LogP contribution in [0.1, 0.15) is 16.7 Å². The van der Waals surface area contributed by atoms with E-state index in [1.807, 2.05) is 25.1 Å². The van der Waals surface area contributed by atoms with Gasteiger partial charge in [-0.2, -0.15) is 0 Å². The van der Waals surface area contributed by atoms with Gasteiger partial charge in [0, 0.05) is 44.6 Å². The Hall–Kier alpha value is -2.80. The number of guanidine groups is 1. The van der Waals surface area contributed by atoms with Gasteiger partial charge in [0.05, 0.1) is 13.7 Å². The van der Waals surface area contributed by atoms with Gasteiger partial charge in [-0.05, 0) is 24.6 Å². The number of aromatic nitrogens is 1. The Morgan fingerprint density at radius 3 is 2.56 bits per heavy atom. The molecule has 0 bridgehead atoms. The number of methoxy groups -OCH3 is 2. The molecule has 0 fully saturated rings. The molecule has 0 aliphatic carbocycles. The first-order valence-corrected chi connectivity index (χ1v) is 8.81. The quantitative estimate of drug-likeness (QED) is 0.400. The molecule has 7 heteroatoms. The largest absolute Gasteiger partial charge is 0.491 e. The van der Waals surface area contributed by atoms with Gasteiger partial charge >= 0.3 is 0 Å². The lowest BCUT2D eigenvalue weighted by atomic mass is 10.1. The fourth-order valence-electron chi connectivity index (χ4n) is 2.50. The van der Waals surface area contributed by atoms with Crippen molar-refractivity contribution in [3.8, 4) is 11.6 Å². The topological polar surface area (TPSA) is 77.0 Å². The van der Waals surface area contributed by atoms with Gasteiger partial charge < -0.3 is 24.8 Å². The summed E-state index contributed by atoms with van der Waals surface area (Å²) >= 11 is 0. The first kappa shape index (κ1) is 20.5. The third-order valence-corrected chi connectivity index (χ3v) is 3.93. The van der Waals surface area contributed by atoms with E-state index < -0.39 is 0 Å². The summed E-state index contributed by atoms with van der Waals surface area (Å²) in [7, 11) is 5.01. The van der Waals surface area contributed by atoms with Crippen molar-refractivity contribution in [2.75, 3.05) is 34.5 Å². The Balaban J connectivity index is 1.95. The monoisotopic (exact) mass is 372 g/mol. The number of rotatable bonds is 9. The highest BCUT2D eigenvalue weighted by molar-refractivity contribution is 5.79. The maximum atomic E-state index is 5.83. The van der Waals surface area contributed by atoms with Crippen LogP contribution in [0.4, 0.5) is 0 Å². The zero-order valence-corrected chi connectivity index (χ0v) is 16.4. The number of ether oxygens (including phenoxy) is 3. The minimum absolute atomic E-state index is 0.515. The van der Waals surface area contributed by atoms with Crippen molar-refractivity contribution < 1.29 is 14.2 Å². The minimum Gasteiger partial charge on any atom is -0.491 e. The Labute approximate surface area is 160 Å². The summed E-state index contributed by atoms with van der Waals surface area (Å²) < 4.78 is 16.2. The van der Waals surface area contributed by atoms with Gasteiger partial charge in [-0.25, -0.2) is 4.98 Å². The third kappa shape index (κ3) is 6.45. The van der Waals surface area contributed by atoms with E-state index in [9.17, 15) is 0 Å². The number of nitrogens with zero attached hydrogens (tertiary/aromatic N) is 2. The van der Waals surface area contributed by atoms with Crippen molar-refractivity contribution in [2.45, 2.75) is 20.0 Å². The molecule has 2 aromatic rings. The predicted octanol–water partition coefficient (Wildman–Crippen LogP) is 2.29. The summed E-state index contributed by atoms with van der Waals surface area (Å²) in [5, 5.41) is 6.58. The second-order valence-electron chi connectivity index (χ2n) is 5.90. The maximum absolute atomic E-state index is 5.83. The molecule has 1 heterocycles. The number of pyridine rings is 1. The van der Waals surface area contributed by atoms with Gasteiger partial charge in [0.25, 0.3) is 0 Å². The Bertz CT molecular complexity index is 750. The van der Waals surface area contributed by atoms with Gasteiger partial charge in [-0.3, -0.25) is 4.99 Å². The molecule has 0 aliphatic rings. The van der Waals surface area contributed by atoms with E-state index in [4.69, 9.17) is 14.2 Å². The SMILES string of the molecule is CN=C(NCc1ccc(C)cc1OCCOC)NCc1cccnc1OC. The summed E-state index contributed by atoms with van der Waals surface area (Å²) in [4.78, 5) is 8.47. The van der Waals surface area contributed by atoms with Crippen LogP contribution in [0, 0.1) is 6.92 Å². The molecule has 7 nitrogen and oxygen atoms in total. The number of hydrogen-bond acceptors (Lipinski definition) is 5. The molecule has 146 valence electrons. The summed E-state index contributed by atoms with van der Waals surface area (Å²) in [6.45, 7) is 4.26. The standard InChI is InChI=1S/C20H28N4O3/c1-15-7-8-16(18(12-15)27-11-10-25-3)13-23-20(21-2)24-14-17-6-5-9-22-19(17)26-4/h5-9,12H,10-11,13-14H2,1-4H3,(H2,21,23,24). The number of hydrogen-bond donors (Lipinski definition) is 2. The molecule has 0 atom stereocenters. The van der Waals surface area contributed by atoms with Gasteiger partial charge in [-0.1, -0.05) is 18.2 Å². The molecule has 1 aromatic carbocycles. The average molecular weight is 372 g/mol. The first-order valence-electron chi connectivity index (χ1n) is 8.81. The molecule has 2 rings (SSSR count). The Kier molecular flexibility index (Phi) is 8.38. The van der Waals surface area contributed by atoms with Crippen LogP contribution < -0.4 is 20.1 Å². The highest BCUT2D eigenvalue weighted by atomic mass is 16.5.